The molecule has 20 heavy (non-hydrogen) atoms. The Morgan fingerprint density at radius 2 is 1.95 bits per heavy atom. The van der Waals surface area contributed by atoms with E-state index in [1.807, 2.05) is 6.07 Å². The number of rotatable bonds is 3. The summed E-state index contributed by atoms with van der Waals surface area (Å²) in [6.45, 7) is 0. The normalized spacial score (nSPS) is 10.2. The maximum Gasteiger partial charge on any atom is 0.257 e. The standard InChI is InChI=1S/C14H10BrCl2NO2/c1-20-13-6-8(15)2-5-12(13)18-14(19)10-4-3-9(16)7-11(10)17/h2-7H,1H3,(H,18,19). The second-order valence-corrected chi connectivity index (χ2v) is 5.68. The lowest BCUT2D eigenvalue weighted by Gasteiger charge is -2.11. The number of halogens is 3. The maximum absolute atomic E-state index is 12.2. The predicted octanol–water partition coefficient (Wildman–Crippen LogP) is 5.02. The highest BCUT2D eigenvalue weighted by Gasteiger charge is 2.13. The third-order valence-corrected chi connectivity index (χ3v) is 3.63. The number of hydrogen-bond donors (Lipinski definition) is 1. The minimum atomic E-state index is -0.327. The molecule has 1 amide bonds. The molecule has 104 valence electrons. The maximum atomic E-state index is 12.2. The molecule has 0 radical (unpaired) electrons. The molecular formula is C14H10BrCl2NO2. The van der Waals surface area contributed by atoms with E-state index < -0.39 is 0 Å². The molecule has 0 aliphatic heterocycles. The van der Waals surface area contributed by atoms with Crippen molar-refractivity contribution in [3.8, 4) is 5.75 Å². The van der Waals surface area contributed by atoms with E-state index in [2.05, 4.69) is 21.2 Å². The highest BCUT2D eigenvalue weighted by Crippen LogP contribution is 2.29. The van der Waals surface area contributed by atoms with Gasteiger partial charge in [0, 0.05) is 9.50 Å². The summed E-state index contributed by atoms with van der Waals surface area (Å²) in [6, 6.07) is 10.0. The zero-order chi connectivity index (χ0) is 14.7. The lowest BCUT2D eigenvalue weighted by Crippen LogP contribution is -2.13. The molecule has 0 aliphatic carbocycles. The van der Waals surface area contributed by atoms with Crippen LogP contribution in [0.5, 0.6) is 5.75 Å². The van der Waals surface area contributed by atoms with E-state index >= 15 is 0 Å². The van der Waals surface area contributed by atoms with Gasteiger partial charge >= 0.3 is 0 Å². The first-order valence-corrected chi connectivity index (χ1v) is 7.16. The number of ether oxygens (including phenoxy) is 1. The Balaban J connectivity index is 2.28. The van der Waals surface area contributed by atoms with Gasteiger partial charge in [0.15, 0.2) is 0 Å². The van der Waals surface area contributed by atoms with Crippen molar-refractivity contribution >= 4 is 50.7 Å². The van der Waals surface area contributed by atoms with Gasteiger partial charge in [-0.25, -0.2) is 0 Å². The van der Waals surface area contributed by atoms with Crippen molar-refractivity contribution in [1.29, 1.82) is 0 Å². The number of nitrogens with one attached hydrogen (secondary N) is 1. The Morgan fingerprint density at radius 3 is 2.60 bits per heavy atom. The van der Waals surface area contributed by atoms with Crippen molar-refractivity contribution in [2.24, 2.45) is 0 Å². The van der Waals surface area contributed by atoms with Gasteiger partial charge in [0.25, 0.3) is 5.91 Å². The summed E-state index contributed by atoms with van der Waals surface area (Å²) < 4.78 is 6.07. The summed E-state index contributed by atoms with van der Waals surface area (Å²) in [4.78, 5) is 12.2. The monoisotopic (exact) mass is 373 g/mol. The van der Waals surface area contributed by atoms with Gasteiger partial charge < -0.3 is 10.1 Å². The van der Waals surface area contributed by atoms with Crippen molar-refractivity contribution < 1.29 is 9.53 Å². The van der Waals surface area contributed by atoms with E-state index in [9.17, 15) is 4.79 Å². The molecule has 2 aromatic rings. The zero-order valence-electron chi connectivity index (χ0n) is 10.4. The number of anilines is 1. The number of carbonyl (C=O) groups is 1. The van der Waals surface area contributed by atoms with E-state index in [-0.39, 0.29) is 5.91 Å². The summed E-state index contributed by atoms with van der Waals surface area (Å²) in [5.74, 6) is 0.227. The number of carbonyl (C=O) groups excluding carboxylic acids is 1. The molecule has 0 saturated heterocycles. The molecule has 2 rings (SSSR count). The van der Waals surface area contributed by atoms with Crippen LogP contribution >= 0.6 is 39.1 Å². The number of methoxy groups -OCH3 is 1. The highest BCUT2D eigenvalue weighted by atomic mass is 79.9. The fourth-order valence-corrected chi connectivity index (χ4v) is 2.47. The second-order valence-electron chi connectivity index (χ2n) is 3.92. The van der Waals surface area contributed by atoms with E-state index in [0.717, 1.165) is 4.47 Å². The van der Waals surface area contributed by atoms with Gasteiger partial charge in [-0.2, -0.15) is 0 Å². The Labute approximate surface area is 135 Å². The first-order valence-electron chi connectivity index (χ1n) is 5.61. The van der Waals surface area contributed by atoms with Gasteiger partial charge in [-0.05, 0) is 36.4 Å². The molecule has 0 unspecified atom stereocenters. The van der Waals surface area contributed by atoms with E-state index in [0.29, 0.717) is 27.0 Å². The van der Waals surface area contributed by atoms with Crippen molar-refractivity contribution in [3.05, 3.63) is 56.5 Å². The van der Waals surface area contributed by atoms with Gasteiger partial charge in [0.1, 0.15) is 5.75 Å². The van der Waals surface area contributed by atoms with E-state index in [1.54, 1.807) is 24.3 Å². The average Bonchev–Trinajstić information content (AvgIpc) is 2.40. The SMILES string of the molecule is COc1cc(Br)ccc1NC(=O)c1ccc(Cl)cc1Cl. The van der Waals surface area contributed by atoms with Gasteiger partial charge in [0.2, 0.25) is 0 Å². The minimum Gasteiger partial charge on any atom is -0.495 e. The van der Waals surface area contributed by atoms with Crippen LogP contribution in [0.4, 0.5) is 5.69 Å². The fourth-order valence-electron chi connectivity index (χ4n) is 1.63. The molecule has 0 aromatic heterocycles. The minimum absolute atomic E-state index is 0.297. The Kier molecular flexibility index (Phi) is 4.91. The molecule has 3 nitrogen and oxygen atoms in total. The van der Waals surface area contributed by atoms with Crippen LogP contribution in [-0.2, 0) is 0 Å². The largest absolute Gasteiger partial charge is 0.495 e. The van der Waals surface area contributed by atoms with Gasteiger partial charge in [-0.1, -0.05) is 39.1 Å². The molecule has 0 bridgehead atoms. The molecule has 0 heterocycles. The van der Waals surface area contributed by atoms with E-state index in [4.69, 9.17) is 27.9 Å². The Bertz CT molecular complexity index is 662. The first kappa shape index (κ1) is 15.2. The van der Waals surface area contributed by atoms with Crippen LogP contribution in [-0.4, -0.2) is 13.0 Å². The highest BCUT2D eigenvalue weighted by molar-refractivity contribution is 9.10. The first-order chi connectivity index (χ1) is 9.51. The van der Waals surface area contributed by atoms with Crippen molar-refractivity contribution in [2.45, 2.75) is 0 Å². The molecule has 0 fully saturated rings. The molecule has 1 N–H and O–H groups in total. The van der Waals surface area contributed by atoms with Crippen LogP contribution in [0.25, 0.3) is 0 Å². The van der Waals surface area contributed by atoms with Crippen LogP contribution in [0, 0.1) is 0 Å². The molecular weight excluding hydrogens is 365 g/mol. The molecule has 6 heteroatoms. The molecule has 2 aromatic carbocycles. The number of hydrogen-bond acceptors (Lipinski definition) is 2. The van der Waals surface area contributed by atoms with Crippen LogP contribution < -0.4 is 10.1 Å². The molecule has 0 aliphatic rings. The third kappa shape index (κ3) is 3.45. The summed E-state index contributed by atoms with van der Waals surface area (Å²) >= 11 is 15.2. The van der Waals surface area contributed by atoms with Gasteiger partial charge in [0.05, 0.1) is 23.4 Å². The lowest BCUT2D eigenvalue weighted by atomic mass is 10.2. The van der Waals surface area contributed by atoms with Crippen LogP contribution in [0.2, 0.25) is 10.0 Å². The Hall–Kier alpha value is -1.23. The molecule has 0 atom stereocenters. The molecule has 0 spiro atoms. The van der Waals surface area contributed by atoms with Gasteiger partial charge in [-0.3, -0.25) is 4.79 Å². The van der Waals surface area contributed by atoms with E-state index in [1.165, 1.54) is 13.2 Å². The summed E-state index contributed by atoms with van der Waals surface area (Å²) in [5, 5.41) is 3.53. The quantitative estimate of drug-likeness (QED) is 0.819. The lowest BCUT2D eigenvalue weighted by molar-refractivity contribution is 0.102. The third-order valence-electron chi connectivity index (χ3n) is 2.59. The van der Waals surface area contributed by atoms with Crippen molar-refractivity contribution in [1.82, 2.24) is 0 Å². The summed E-state index contributed by atoms with van der Waals surface area (Å²) in [6.07, 6.45) is 0. The van der Waals surface area contributed by atoms with Gasteiger partial charge in [-0.15, -0.1) is 0 Å². The van der Waals surface area contributed by atoms with Crippen LogP contribution in [0.1, 0.15) is 10.4 Å². The average molecular weight is 375 g/mol. The zero-order valence-corrected chi connectivity index (χ0v) is 13.5. The predicted molar refractivity (Wildman–Crippen MR) is 85.1 cm³/mol. The van der Waals surface area contributed by atoms with Crippen molar-refractivity contribution in [2.75, 3.05) is 12.4 Å². The van der Waals surface area contributed by atoms with Crippen LogP contribution in [0.3, 0.4) is 0 Å². The molecule has 0 saturated carbocycles. The second kappa shape index (κ2) is 6.48. The van der Waals surface area contributed by atoms with Crippen molar-refractivity contribution in [3.63, 3.8) is 0 Å². The number of amides is 1. The summed E-state index contributed by atoms with van der Waals surface area (Å²) in [7, 11) is 1.53. The smallest absolute Gasteiger partial charge is 0.257 e. The Morgan fingerprint density at radius 1 is 1.20 bits per heavy atom. The number of benzene rings is 2. The topological polar surface area (TPSA) is 38.3 Å². The van der Waals surface area contributed by atoms with Crippen LogP contribution in [0.15, 0.2) is 40.9 Å². The summed E-state index contributed by atoms with van der Waals surface area (Å²) in [5.41, 5.74) is 0.910. The fraction of sp³-hybridized carbons (Fsp3) is 0.0714.